The van der Waals surface area contributed by atoms with E-state index in [2.05, 4.69) is 13.8 Å². The quantitative estimate of drug-likeness (QED) is 0.0286. The third kappa shape index (κ3) is 38.4. The molecule has 0 fully saturated rings. The first-order chi connectivity index (χ1) is 26.6. The summed E-state index contributed by atoms with van der Waals surface area (Å²) in [6.45, 7) is 2.19. The second-order valence-corrected chi connectivity index (χ2v) is 15.7. The maximum absolute atomic E-state index is 12.7. The Morgan fingerprint density at radius 1 is 0.464 bits per heavy atom. The van der Waals surface area contributed by atoms with Crippen LogP contribution in [0, 0.1) is 0 Å². The van der Waals surface area contributed by atoms with Crippen LogP contribution >= 0.6 is 7.82 Å². The molecule has 3 atom stereocenters. The average Bonchev–Trinajstić information content (AvgIpc) is 3.15. The molecule has 0 saturated heterocycles. The molecular formula is C40H76N2NaO12P. The van der Waals surface area contributed by atoms with E-state index in [1.165, 1.54) is 89.9 Å². The molecule has 56 heavy (non-hydrogen) atoms. The van der Waals surface area contributed by atoms with E-state index in [0.717, 1.165) is 38.5 Å². The molecule has 0 aliphatic carbocycles. The number of phosphoric acid groups is 1. The summed E-state index contributed by atoms with van der Waals surface area (Å²) in [4.78, 5) is 61.6. The summed E-state index contributed by atoms with van der Waals surface area (Å²) in [6.07, 6.45) is 22.5. The number of carbonyl (C=O) groups excluding carboxylic acids is 4. The molecule has 0 aromatic rings. The molecular weight excluding hydrogens is 754 g/mol. The molecule has 324 valence electrons. The number of unbranched alkanes of at least 4 members (excludes halogenated alkanes) is 20. The molecule has 0 aromatic heterocycles. The average molecular weight is 831 g/mol. The first kappa shape index (κ1) is 57.0. The van der Waals surface area contributed by atoms with Crippen LogP contribution in [0.4, 0.5) is 0 Å². The van der Waals surface area contributed by atoms with Crippen LogP contribution in [0.1, 0.15) is 181 Å². The van der Waals surface area contributed by atoms with E-state index in [9.17, 15) is 28.6 Å². The summed E-state index contributed by atoms with van der Waals surface area (Å²) < 4.78 is 43.6. The fraction of sp³-hybridized carbons (Fsp3) is 0.900. The molecule has 2 unspecified atom stereocenters. The van der Waals surface area contributed by atoms with E-state index < -0.39 is 70.3 Å². The molecule has 0 aliphatic heterocycles. The Labute approximate surface area is 360 Å². The van der Waals surface area contributed by atoms with Gasteiger partial charge in [-0.1, -0.05) is 142 Å². The van der Waals surface area contributed by atoms with Gasteiger partial charge >= 0.3 is 53.4 Å². The van der Waals surface area contributed by atoms with Crippen molar-refractivity contribution in [3.05, 3.63) is 0 Å². The third-order valence-electron chi connectivity index (χ3n) is 8.96. The number of hydrogen-bond acceptors (Lipinski definition) is 14. The summed E-state index contributed by atoms with van der Waals surface area (Å²) in [5.41, 5.74) is 10.7. The maximum atomic E-state index is 12.7. The Balaban J connectivity index is 0. The van der Waals surface area contributed by atoms with Gasteiger partial charge in [-0.25, -0.2) is 0 Å². The minimum Gasteiger partial charge on any atom is -0.756 e. The number of phosphoric ester groups is 1. The molecule has 0 aromatic carbocycles. The van der Waals surface area contributed by atoms with Gasteiger partial charge in [-0.3, -0.25) is 23.7 Å². The van der Waals surface area contributed by atoms with Gasteiger partial charge < -0.3 is 44.4 Å². The van der Waals surface area contributed by atoms with Crippen LogP contribution in [-0.4, -0.2) is 75.6 Å². The monoisotopic (exact) mass is 831 g/mol. The summed E-state index contributed by atoms with van der Waals surface area (Å²) in [6, 6.07) is 0. The van der Waals surface area contributed by atoms with Crippen LogP contribution < -0.4 is 45.9 Å². The summed E-state index contributed by atoms with van der Waals surface area (Å²) in [5.74, 6) is -2.44. The van der Waals surface area contributed by atoms with Gasteiger partial charge in [0.25, 0.3) is 7.82 Å². The van der Waals surface area contributed by atoms with Gasteiger partial charge in [-0.2, -0.15) is 0 Å². The Morgan fingerprint density at radius 3 is 1.11 bits per heavy atom. The standard InChI is InChI=1S/C40H77N2O12P.Na/c1-3-5-7-9-11-13-15-17-19-21-23-25-37(43)49-31-35(53-39(45)26-24-22-20-18-16-14-12-10-8-6-4-2)33-51-55(47,48)52-34-36(54-40(46)28-30-42)32-50-38(44)27-29-41;/h35-36H,3-34,41-42H2,1-2H3,(H,47,48);/q;+1/p-1/t35-,36?;/m1./s1. The van der Waals surface area contributed by atoms with E-state index in [-0.39, 0.29) is 68.3 Å². The molecule has 14 nitrogen and oxygen atoms in total. The molecule has 0 spiro atoms. The van der Waals surface area contributed by atoms with Gasteiger partial charge in [0.05, 0.1) is 26.1 Å². The fourth-order valence-electron chi connectivity index (χ4n) is 5.73. The fourth-order valence-corrected chi connectivity index (χ4v) is 6.50. The van der Waals surface area contributed by atoms with Crippen LogP contribution in [0.25, 0.3) is 0 Å². The largest absolute Gasteiger partial charge is 1.00 e. The van der Waals surface area contributed by atoms with E-state index in [1.54, 1.807) is 0 Å². The molecule has 0 radical (unpaired) electrons. The summed E-state index contributed by atoms with van der Waals surface area (Å²) >= 11 is 0. The normalized spacial score (nSPS) is 13.2. The Kier molecular flexibility index (Phi) is 41.4. The number of nitrogens with two attached hydrogens (primary N) is 2. The smallest absolute Gasteiger partial charge is 0.756 e. The zero-order valence-electron chi connectivity index (χ0n) is 35.3. The van der Waals surface area contributed by atoms with Crippen molar-refractivity contribution >= 4 is 31.7 Å². The van der Waals surface area contributed by atoms with Crippen molar-refractivity contribution in [3.63, 3.8) is 0 Å². The van der Waals surface area contributed by atoms with Gasteiger partial charge in [0.1, 0.15) is 13.2 Å². The van der Waals surface area contributed by atoms with Gasteiger partial charge in [0, 0.05) is 25.9 Å². The first-order valence-electron chi connectivity index (χ1n) is 21.3. The third-order valence-corrected chi connectivity index (χ3v) is 9.89. The number of carbonyl (C=O) groups is 4. The molecule has 4 N–H and O–H groups in total. The Bertz CT molecular complexity index is 1030. The van der Waals surface area contributed by atoms with E-state index >= 15 is 0 Å². The van der Waals surface area contributed by atoms with Crippen molar-refractivity contribution in [3.8, 4) is 0 Å². The number of esters is 4. The van der Waals surface area contributed by atoms with Crippen molar-refractivity contribution in [2.45, 2.75) is 193 Å². The number of ether oxygens (including phenoxy) is 4. The van der Waals surface area contributed by atoms with E-state index in [0.29, 0.717) is 12.8 Å². The van der Waals surface area contributed by atoms with Gasteiger partial charge in [-0.05, 0) is 12.8 Å². The Hall–Kier alpha value is -1.09. The SMILES string of the molecule is CCCCCCCCCCCCCC(=O)OC[C@H](COP(=O)([O-])OCC(COC(=O)CCN)OC(=O)CCN)OC(=O)CCCCCCCCCCCCC.[Na+]. The van der Waals surface area contributed by atoms with E-state index in [1.807, 2.05) is 0 Å². The molecule has 0 amide bonds. The predicted molar refractivity (Wildman–Crippen MR) is 211 cm³/mol. The summed E-state index contributed by atoms with van der Waals surface area (Å²) in [7, 11) is -5.06. The van der Waals surface area contributed by atoms with Crippen molar-refractivity contribution in [2.24, 2.45) is 11.5 Å². The zero-order chi connectivity index (χ0) is 40.8. The molecule has 0 rings (SSSR count). The summed E-state index contributed by atoms with van der Waals surface area (Å²) in [5, 5.41) is 0. The second kappa shape index (κ2) is 40.7. The Morgan fingerprint density at radius 2 is 0.750 bits per heavy atom. The second-order valence-electron chi connectivity index (χ2n) is 14.3. The number of hydrogen-bond donors (Lipinski definition) is 2. The zero-order valence-corrected chi connectivity index (χ0v) is 38.2. The van der Waals surface area contributed by atoms with Crippen LogP contribution in [0.2, 0.25) is 0 Å². The predicted octanol–water partition coefficient (Wildman–Crippen LogP) is 4.50. The van der Waals surface area contributed by atoms with Crippen molar-refractivity contribution in [1.82, 2.24) is 0 Å². The van der Waals surface area contributed by atoms with Crippen molar-refractivity contribution in [2.75, 3.05) is 39.5 Å². The van der Waals surface area contributed by atoms with Gasteiger partial charge in [0.15, 0.2) is 12.2 Å². The van der Waals surface area contributed by atoms with Crippen LogP contribution in [0.15, 0.2) is 0 Å². The van der Waals surface area contributed by atoms with E-state index in [4.69, 9.17) is 39.5 Å². The van der Waals surface area contributed by atoms with Crippen molar-refractivity contribution < 1.29 is 86.2 Å². The topological polar surface area (TPSA) is 216 Å². The van der Waals surface area contributed by atoms with Crippen molar-refractivity contribution in [1.29, 1.82) is 0 Å². The minimum atomic E-state index is -5.06. The van der Waals surface area contributed by atoms with Crippen LogP contribution in [0.5, 0.6) is 0 Å². The molecule has 0 aliphatic rings. The molecule has 0 heterocycles. The van der Waals surface area contributed by atoms with Gasteiger partial charge in [0.2, 0.25) is 0 Å². The van der Waals surface area contributed by atoms with Crippen LogP contribution in [-0.2, 0) is 51.7 Å². The first-order valence-corrected chi connectivity index (χ1v) is 22.7. The minimum absolute atomic E-state index is 0. The molecule has 16 heteroatoms. The van der Waals surface area contributed by atoms with Crippen LogP contribution in [0.3, 0.4) is 0 Å². The maximum Gasteiger partial charge on any atom is 1.00 e. The molecule has 0 saturated carbocycles. The number of rotatable bonds is 40. The molecule has 0 bridgehead atoms. The van der Waals surface area contributed by atoms with Gasteiger partial charge in [-0.15, -0.1) is 0 Å².